The third kappa shape index (κ3) is 4.20. The zero-order chi connectivity index (χ0) is 24.8. The molecule has 0 radical (unpaired) electrons. The highest BCUT2D eigenvalue weighted by atomic mass is 16.5. The number of hydrogen-bond acceptors (Lipinski definition) is 2. The Kier molecular flexibility index (Phi) is 6.27. The van der Waals surface area contributed by atoms with Gasteiger partial charge in [0.05, 0.1) is 25.1 Å². The van der Waals surface area contributed by atoms with E-state index in [4.69, 9.17) is 4.74 Å². The van der Waals surface area contributed by atoms with Gasteiger partial charge in [0.1, 0.15) is 11.7 Å². The van der Waals surface area contributed by atoms with Crippen LogP contribution in [0.15, 0.2) is 48.5 Å². The van der Waals surface area contributed by atoms with Gasteiger partial charge in [-0.1, -0.05) is 67.8 Å². The Bertz CT molecular complexity index is 1120. The fourth-order valence-electron chi connectivity index (χ4n) is 8.55. The zero-order valence-corrected chi connectivity index (χ0v) is 22.2. The van der Waals surface area contributed by atoms with Gasteiger partial charge in [0.2, 0.25) is 5.91 Å². The predicted molar refractivity (Wildman–Crippen MR) is 146 cm³/mol. The quantitative estimate of drug-likeness (QED) is 0.634. The second kappa shape index (κ2) is 9.76. The molecule has 4 fully saturated rings. The lowest BCUT2D eigenvalue weighted by Crippen LogP contribution is -2.82. The Morgan fingerprint density at radius 1 is 0.919 bits per heavy atom. The van der Waals surface area contributed by atoms with E-state index in [1.807, 2.05) is 0 Å². The average Bonchev–Trinajstić information content (AvgIpc) is 3.73. The molecule has 0 bridgehead atoms. The van der Waals surface area contributed by atoms with E-state index in [9.17, 15) is 4.79 Å². The minimum Gasteiger partial charge on any atom is -0.493 e. The number of amides is 1. The second-order valence-electron chi connectivity index (χ2n) is 12.7. The third-order valence-electron chi connectivity index (χ3n) is 10.7. The Morgan fingerprint density at radius 2 is 1.76 bits per heavy atom. The van der Waals surface area contributed by atoms with Crippen molar-refractivity contribution in [2.24, 2.45) is 11.8 Å². The third-order valence-corrected chi connectivity index (χ3v) is 10.7. The highest BCUT2D eigenvalue weighted by molar-refractivity contribution is 5.82. The normalized spacial score (nSPS) is 32.2. The maximum absolute atomic E-state index is 14.7. The average molecular weight is 500 g/mol. The van der Waals surface area contributed by atoms with Crippen molar-refractivity contribution in [3.05, 3.63) is 65.2 Å². The minimum atomic E-state index is -0.0804. The molecule has 37 heavy (non-hydrogen) atoms. The Labute approximate surface area is 222 Å². The largest absolute Gasteiger partial charge is 0.493 e. The van der Waals surface area contributed by atoms with E-state index in [1.165, 1.54) is 61.6 Å². The summed E-state index contributed by atoms with van der Waals surface area (Å²) in [5.74, 6) is 3.54. The number of nitrogens with zero attached hydrogens (tertiary/aromatic N) is 1. The summed E-state index contributed by atoms with van der Waals surface area (Å²) < 4.78 is 6.36. The van der Waals surface area contributed by atoms with E-state index in [0.29, 0.717) is 29.7 Å². The molecule has 1 spiro atoms. The van der Waals surface area contributed by atoms with Gasteiger partial charge >= 0.3 is 0 Å². The van der Waals surface area contributed by atoms with E-state index in [2.05, 4.69) is 58.7 Å². The molecule has 3 heterocycles. The van der Waals surface area contributed by atoms with Crippen molar-refractivity contribution in [2.75, 3.05) is 26.2 Å². The first-order chi connectivity index (χ1) is 18.2. The number of para-hydroxylation sites is 1. The molecule has 0 aromatic heterocycles. The lowest BCUT2D eigenvalue weighted by Gasteiger charge is -2.47. The monoisotopic (exact) mass is 499 g/mol. The van der Waals surface area contributed by atoms with Crippen LogP contribution in [0.1, 0.15) is 92.7 Å². The zero-order valence-electron chi connectivity index (χ0n) is 22.2. The number of hydrogen-bond donors (Lipinski definition) is 1. The van der Waals surface area contributed by atoms with Gasteiger partial charge in [-0.3, -0.25) is 4.79 Å². The van der Waals surface area contributed by atoms with Crippen molar-refractivity contribution in [3.8, 4) is 5.75 Å². The fraction of sp³-hybridized carbons (Fsp3) is 0.606. The summed E-state index contributed by atoms with van der Waals surface area (Å²) in [5.41, 5.74) is 4.12. The molecule has 2 saturated heterocycles. The van der Waals surface area contributed by atoms with Crippen LogP contribution in [0.5, 0.6) is 5.75 Å². The van der Waals surface area contributed by atoms with E-state index in [1.54, 1.807) is 0 Å². The summed E-state index contributed by atoms with van der Waals surface area (Å²) >= 11 is 0. The van der Waals surface area contributed by atoms with Crippen molar-refractivity contribution < 1.29 is 14.8 Å². The van der Waals surface area contributed by atoms with Crippen LogP contribution in [0, 0.1) is 11.8 Å². The number of likely N-dealkylation sites (tertiary alicyclic amines) is 1. The molecular formula is C33H43N2O2+. The molecule has 4 atom stereocenters. The van der Waals surface area contributed by atoms with Crippen molar-refractivity contribution >= 4 is 5.91 Å². The number of nitrogens with two attached hydrogens (primary N) is 1. The lowest BCUT2D eigenvalue weighted by molar-refractivity contribution is -0.640. The molecule has 2 aromatic rings. The summed E-state index contributed by atoms with van der Waals surface area (Å²) in [6.07, 6.45) is 12.4. The topological polar surface area (TPSA) is 46.1 Å². The highest BCUT2D eigenvalue weighted by Crippen LogP contribution is 2.52. The van der Waals surface area contributed by atoms with Crippen LogP contribution < -0.4 is 10.1 Å². The van der Waals surface area contributed by atoms with Crippen molar-refractivity contribution in [2.45, 2.75) is 87.5 Å². The van der Waals surface area contributed by atoms with E-state index < -0.39 is 0 Å². The number of carbonyl (C=O) groups is 1. The van der Waals surface area contributed by atoms with Gasteiger partial charge in [0, 0.05) is 18.2 Å². The number of benzene rings is 2. The van der Waals surface area contributed by atoms with Gasteiger partial charge in [0.15, 0.2) is 0 Å². The van der Waals surface area contributed by atoms with Crippen LogP contribution in [0.3, 0.4) is 0 Å². The van der Waals surface area contributed by atoms with Crippen LogP contribution >= 0.6 is 0 Å². The second-order valence-corrected chi connectivity index (χ2v) is 12.7. The molecule has 2 aliphatic carbocycles. The maximum Gasteiger partial charge on any atom is 0.232 e. The van der Waals surface area contributed by atoms with E-state index in [0.717, 1.165) is 51.3 Å². The molecule has 7 rings (SSSR count). The smallest absolute Gasteiger partial charge is 0.232 e. The molecule has 1 unspecified atom stereocenters. The highest BCUT2D eigenvalue weighted by Gasteiger charge is 2.56. The van der Waals surface area contributed by atoms with Crippen LogP contribution in [0.25, 0.3) is 0 Å². The Balaban J connectivity index is 1.20. The first-order valence-corrected chi connectivity index (χ1v) is 15.2. The summed E-state index contributed by atoms with van der Waals surface area (Å²) in [6, 6.07) is 18.3. The Hall–Kier alpha value is -2.33. The molecule has 2 aromatic carbocycles. The molecule has 2 N–H and O–H groups in total. The van der Waals surface area contributed by atoms with Crippen LogP contribution in [0.4, 0.5) is 0 Å². The first-order valence-electron chi connectivity index (χ1n) is 15.2. The van der Waals surface area contributed by atoms with Gasteiger partial charge in [-0.15, -0.1) is 0 Å². The first kappa shape index (κ1) is 23.8. The van der Waals surface area contributed by atoms with Crippen LogP contribution in [-0.4, -0.2) is 43.1 Å². The van der Waals surface area contributed by atoms with Gasteiger partial charge in [-0.25, -0.2) is 0 Å². The van der Waals surface area contributed by atoms with Crippen molar-refractivity contribution in [3.63, 3.8) is 0 Å². The SMILES string of the molecule is O=C(C1C[NH2+]C[C@]12CCOc1c(C3CC3)cccc12)N1CC[C@@H](c2ccccc2)C[C@H]1C1CCCCC1. The number of quaternary nitrogens is 1. The summed E-state index contributed by atoms with van der Waals surface area (Å²) in [7, 11) is 0. The van der Waals surface area contributed by atoms with E-state index in [-0.39, 0.29) is 11.3 Å². The lowest BCUT2D eigenvalue weighted by atomic mass is 9.67. The van der Waals surface area contributed by atoms with Crippen LogP contribution in [-0.2, 0) is 10.2 Å². The number of ether oxygens (including phenoxy) is 1. The number of carbonyl (C=O) groups excluding carboxylic acids is 1. The number of piperidine rings is 1. The van der Waals surface area contributed by atoms with Crippen molar-refractivity contribution in [1.82, 2.24) is 4.90 Å². The van der Waals surface area contributed by atoms with Crippen molar-refractivity contribution in [1.29, 1.82) is 0 Å². The molecule has 4 nitrogen and oxygen atoms in total. The molecule has 2 saturated carbocycles. The van der Waals surface area contributed by atoms with Gasteiger partial charge in [-0.2, -0.15) is 0 Å². The molecule has 4 heteroatoms. The van der Waals surface area contributed by atoms with E-state index >= 15 is 0 Å². The summed E-state index contributed by atoms with van der Waals surface area (Å²) in [4.78, 5) is 17.1. The van der Waals surface area contributed by atoms with Crippen LogP contribution in [0.2, 0.25) is 0 Å². The molecule has 3 aliphatic heterocycles. The molecule has 1 amide bonds. The van der Waals surface area contributed by atoms with Gasteiger partial charge in [0.25, 0.3) is 0 Å². The number of fused-ring (bicyclic) bond motifs is 2. The predicted octanol–water partition coefficient (Wildman–Crippen LogP) is 5.13. The number of rotatable bonds is 4. The fourth-order valence-corrected chi connectivity index (χ4v) is 8.55. The molecule has 196 valence electrons. The van der Waals surface area contributed by atoms with Gasteiger partial charge in [-0.05, 0) is 73.8 Å². The van der Waals surface area contributed by atoms with Gasteiger partial charge < -0.3 is 15.0 Å². The summed E-state index contributed by atoms with van der Waals surface area (Å²) in [5, 5.41) is 2.42. The summed E-state index contributed by atoms with van der Waals surface area (Å²) in [6.45, 7) is 3.60. The molecule has 5 aliphatic rings. The maximum atomic E-state index is 14.7. The minimum absolute atomic E-state index is 0.0592. The standard InChI is InChI=1S/C33H42N2O2/c36-32(29-21-34-22-33(29)17-19-37-31-27(24-14-15-24)12-7-13-28(31)33)35-18-16-26(23-8-3-1-4-9-23)20-30(35)25-10-5-2-6-11-25/h1,3-4,7-9,12-13,24-26,29-30,34H,2,5-6,10-11,14-22H2/p+1/t26-,29?,30+,33+/m1/s1. The molecular weight excluding hydrogens is 456 g/mol. The Morgan fingerprint density at radius 3 is 2.57 bits per heavy atom.